The van der Waals surface area contributed by atoms with Crippen LogP contribution in [0.5, 0.6) is 0 Å². The number of hydrogen-bond donors (Lipinski definition) is 1. The first-order chi connectivity index (χ1) is 7.62. The fraction of sp³-hybridized carbons (Fsp3) is 0.667. The number of sulfonamides is 1. The molecule has 90 valence electrons. The Kier molecular flexibility index (Phi) is 3.27. The molecule has 2 rings (SSSR count). The van der Waals surface area contributed by atoms with Crippen molar-refractivity contribution < 1.29 is 13.2 Å². The van der Waals surface area contributed by atoms with E-state index in [1.54, 1.807) is 6.92 Å². The third kappa shape index (κ3) is 2.11. The van der Waals surface area contributed by atoms with E-state index in [2.05, 4.69) is 10.2 Å². The molecule has 0 amide bonds. The molecule has 1 fully saturated rings. The zero-order chi connectivity index (χ0) is 11.6. The van der Waals surface area contributed by atoms with Gasteiger partial charge >= 0.3 is 0 Å². The van der Waals surface area contributed by atoms with Gasteiger partial charge in [-0.05, 0) is 13.3 Å². The van der Waals surface area contributed by atoms with Crippen LogP contribution in [-0.4, -0.2) is 49.2 Å². The largest absolute Gasteiger partial charge is 0.380 e. The topological polar surface area (TPSA) is 75.3 Å². The molecule has 6 nitrogen and oxygen atoms in total. The Morgan fingerprint density at radius 2 is 2.25 bits per heavy atom. The lowest BCUT2D eigenvalue weighted by atomic mass is 10.5. The van der Waals surface area contributed by atoms with Gasteiger partial charge in [-0.15, -0.1) is 0 Å². The van der Waals surface area contributed by atoms with Crippen molar-refractivity contribution in [2.24, 2.45) is 0 Å². The van der Waals surface area contributed by atoms with Crippen LogP contribution < -0.4 is 0 Å². The van der Waals surface area contributed by atoms with Gasteiger partial charge in [-0.25, -0.2) is 8.42 Å². The summed E-state index contributed by atoms with van der Waals surface area (Å²) in [5.74, 6) is 0. The maximum absolute atomic E-state index is 12.2. The summed E-state index contributed by atoms with van der Waals surface area (Å²) in [5.41, 5.74) is 0.574. The molecule has 0 atom stereocenters. The van der Waals surface area contributed by atoms with Crippen molar-refractivity contribution in [3.05, 3.63) is 11.9 Å². The Morgan fingerprint density at radius 3 is 2.94 bits per heavy atom. The quantitative estimate of drug-likeness (QED) is 0.803. The van der Waals surface area contributed by atoms with Crippen molar-refractivity contribution in [2.45, 2.75) is 18.2 Å². The Labute approximate surface area is 94.6 Å². The molecular formula is C9H15N3O3S. The molecule has 2 heterocycles. The van der Waals surface area contributed by atoms with Crippen molar-refractivity contribution in [3.63, 3.8) is 0 Å². The van der Waals surface area contributed by atoms with Gasteiger partial charge in [0.05, 0.1) is 18.5 Å². The summed E-state index contributed by atoms with van der Waals surface area (Å²) < 4.78 is 31.2. The molecule has 1 aromatic rings. The van der Waals surface area contributed by atoms with E-state index in [0.29, 0.717) is 32.0 Å². The summed E-state index contributed by atoms with van der Waals surface area (Å²) in [6.45, 7) is 3.70. The van der Waals surface area contributed by atoms with Crippen LogP contribution in [0.15, 0.2) is 11.1 Å². The van der Waals surface area contributed by atoms with Crippen molar-refractivity contribution >= 4 is 10.0 Å². The van der Waals surface area contributed by atoms with Crippen LogP contribution in [-0.2, 0) is 14.8 Å². The second-order valence-electron chi connectivity index (χ2n) is 3.73. The molecule has 16 heavy (non-hydrogen) atoms. The van der Waals surface area contributed by atoms with Crippen LogP contribution in [0.25, 0.3) is 0 Å². The van der Waals surface area contributed by atoms with E-state index in [9.17, 15) is 8.42 Å². The molecule has 0 aliphatic carbocycles. The fourth-order valence-corrected chi connectivity index (χ4v) is 3.28. The van der Waals surface area contributed by atoms with Crippen LogP contribution in [0.3, 0.4) is 0 Å². The minimum absolute atomic E-state index is 0.259. The molecule has 1 aliphatic heterocycles. The van der Waals surface area contributed by atoms with E-state index in [0.717, 1.165) is 6.42 Å². The monoisotopic (exact) mass is 245 g/mol. The zero-order valence-corrected chi connectivity index (χ0v) is 9.96. The normalized spacial score (nSPS) is 19.6. The summed E-state index contributed by atoms with van der Waals surface area (Å²) in [5, 5.41) is 6.39. The average Bonchev–Trinajstić information content (AvgIpc) is 2.55. The molecule has 0 saturated carbocycles. The lowest BCUT2D eigenvalue weighted by Gasteiger charge is -2.18. The molecule has 0 aromatic carbocycles. The van der Waals surface area contributed by atoms with Gasteiger partial charge in [0, 0.05) is 19.7 Å². The second kappa shape index (κ2) is 4.52. The van der Waals surface area contributed by atoms with Crippen molar-refractivity contribution in [2.75, 3.05) is 26.3 Å². The highest BCUT2D eigenvalue weighted by Crippen LogP contribution is 2.18. The molecule has 1 aliphatic rings. The first kappa shape index (κ1) is 11.6. The van der Waals surface area contributed by atoms with Gasteiger partial charge in [-0.2, -0.15) is 9.40 Å². The predicted molar refractivity (Wildman–Crippen MR) is 57.5 cm³/mol. The van der Waals surface area contributed by atoms with Crippen LogP contribution in [0, 0.1) is 6.92 Å². The maximum atomic E-state index is 12.2. The molecule has 1 saturated heterocycles. The van der Waals surface area contributed by atoms with Gasteiger partial charge < -0.3 is 4.74 Å². The van der Waals surface area contributed by atoms with Crippen LogP contribution in [0.2, 0.25) is 0 Å². The van der Waals surface area contributed by atoms with Crippen molar-refractivity contribution in [1.82, 2.24) is 14.5 Å². The van der Waals surface area contributed by atoms with Gasteiger partial charge in [0.25, 0.3) is 0 Å². The highest BCUT2D eigenvalue weighted by atomic mass is 32.2. The first-order valence-corrected chi connectivity index (χ1v) is 6.64. The third-order valence-electron chi connectivity index (χ3n) is 2.58. The number of H-pyrrole nitrogens is 1. The summed E-state index contributed by atoms with van der Waals surface area (Å²) in [6.07, 6.45) is 2.09. The Balaban J connectivity index is 2.27. The molecule has 7 heteroatoms. The summed E-state index contributed by atoms with van der Waals surface area (Å²) in [7, 11) is -3.41. The fourth-order valence-electron chi connectivity index (χ4n) is 1.70. The number of ether oxygens (including phenoxy) is 1. The van der Waals surface area contributed by atoms with Crippen LogP contribution >= 0.6 is 0 Å². The number of rotatable bonds is 2. The zero-order valence-electron chi connectivity index (χ0n) is 9.14. The van der Waals surface area contributed by atoms with E-state index in [1.807, 2.05) is 0 Å². The third-order valence-corrected chi connectivity index (χ3v) is 4.60. The van der Waals surface area contributed by atoms with E-state index in [4.69, 9.17) is 4.74 Å². The molecule has 0 radical (unpaired) electrons. The predicted octanol–water partition coefficient (Wildman–Crippen LogP) is 0.129. The Bertz CT molecular complexity index is 446. The van der Waals surface area contributed by atoms with Crippen molar-refractivity contribution in [3.8, 4) is 0 Å². The lowest BCUT2D eigenvalue weighted by Crippen LogP contribution is -2.33. The summed E-state index contributed by atoms with van der Waals surface area (Å²) in [4.78, 5) is 0.259. The average molecular weight is 245 g/mol. The molecule has 0 bridgehead atoms. The van der Waals surface area contributed by atoms with Crippen molar-refractivity contribution in [1.29, 1.82) is 0 Å². The summed E-state index contributed by atoms with van der Waals surface area (Å²) in [6, 6.07) is 0. The molecule has 1 N–H and O–H groups in total. The van der Waals surface area contributed by atoms with E-state index in [-0.39, 0.29) is 4.90 Å². The standard InChI is InChI=1S/C9H15N3O3S/c1-8-9(7-10-11-8)16(13,14)12-3-2-5-15-6-4-12/h7H,2-6H2,1H3,(H,10,11). The maximum Gasteiger partial charge on any atom is 0.246 e. The van der Waals surface area contributed by atoms with Gasteiger partial charge in [0.1, 0.15) is 4.90 Å². The first-order valence-electron chi connectivity index (χ1n) is 5.20. The lowest BCUT2D eigenvalue weighted by molar-refractivity contribution is 0.148. The second-order valence-corrected chi connectivity index (χ2v) is 5.64. The van der Waals surface area contributed by atoms with Gasteiger partial charge in [-0.1, -0.05) is 0 Å². The minimum atomic E-state index is -3.41. The van der Waals surface area contributed by atoms with Gasteiger partial charge in [0.2, 0.25) is 10.0 Å². The van der Waals surface area contributed by atoms with Crippen LogP contribution in [0.4, 0.5) is 0 Å². The highest BCUT2D eigenvalue weighted by molar-refractivity contribution is 7.89. The minimum Gasteiger partial charge on any atom is -0.380 e. The SMILES string of the molecule is Cc1[nH]ncc1S(=O)(=O)N1CCCOCC1. The number of nitrogens with zero attached hydrogens (tertiary/aromatic N) is 2. The summed E-state index contributed by atoms with van der Waals surface area (Å²) >= 11 is 0. The molecular weight excluding hydrogens is 230 g/mol. The Morgan fingerprint density at radius 1 is 1.44 bits per heavy atom. The molecule has 0 unspecified atom stereocenters. The number of aromatic amines is 1. The van der Waals surface area contributed by atoms with Crippen LogP contribution in [0.1, 0.15) is 12.1 Å². The Hall–Kier alpha value is -0.920. The van der Waals surface area contributed by atoms with E-state index < -0.39 is 10.0 Å². The van der Waals surface area contributed by atoms with Gasteiger partial charge in [-0.3, -0.25) is 5.10 Å². The van der Waals surface area contributed by atoms with E-state index in [1.165, 1.54) is 10.5 Å². The number of hydrogen-bond acceptors (Lipinski definition) is 4. The number of nitrogens with one attached hydrogen (secondary N) is 1. The molecule has 0 spiro atoms. The van der Waals surface area contributed by atoms with E-state index >= 15 is 0 Å². The van der Waals surface area contributed by atoms with Gasteiger partial charge in [0.15, 0.2) is 0 Å². The highest BCUT2D eigenvalue weighted by Gasteiger charge is 2.27. The number of aryl methyl sites for hydroxylation is 1. The number of aromatic nitrogens is 2. The smallest absolute Gasteiger partial charge is 0.246 e. The molecule has 1 aromatic heterocycles.